The van der Waals surface area contributed by atoms with Crippen molar-refractivity contribution in [2.45, 2.75) is 142 Å². The lowest BCUT2D eigenvalue weighted by Gasteiger charge is -2.41. The summed E-state index contributed by atoms with van der Waals surface area (Å²) >= 11 is 6.31. The van der Waals surface area contributed by atoms with Gasteiger partial charge in [-0.15, -0.1) is 0 Å². The number of rotatable bonds is 27. The quantitative estimate of drug-likeness (QED) is 0.0333. The maximum Gasteiger partial charge on any atom is 0.351 e. The van der Waals surface area contributed by atoms with E-state index < -0.39 is 68.2 Å². The van der Waals surface area contributed by atoms with Gasteiger partial charge in [0.1, 0.15) is 41.2 Å². The van der Waals surface area contributed by atoms with Crippen LogP contribution in [0.1, 0.15) is 111 Å². The number of methoxy groups -OCH3 is 2. The molecule has 1 aliphatic rings. The minimum absolute atomic E-state index is 0.00642. The van der Waals surface area contributed by atoms with Crippen molar-refractivity contribution in [3.63, 3.8) is 0 Å². The Morgan fingerprint density at radius 1 is 0.811 bits per heavy atom. The van der Waals surface area contributed by atoms with Crippen LogP contribution in [0.3, 0.4) is 0 Å². The topological polar surface area (TPSA) is 222 Å². The van der Waals surface area contributed by atoms with Crippen LogP contribution >= 0.6 is 15.2 Å². The molecule has 1 N–H and O–H groups in total. The number of nitriles is 3. The Morgan fingerprint density at radius 2 is 1.34 bits per heavy atom. The van der Waals surface area contributed by atoms with Crippen molar-refractivity contribution < 1.29 is 46.4 Å². The van der Waals surface area contributed by atoms with Gasteiger partial charge in [0.25, 0.3) is 8.53 Å². The van der Waals surface area contributed by atoms with Crippen molar-refractivity contribution in [1.29, 1.82) is 15.8 Å². The van der Waals surface area contributed by atoms with E-state index in [9.17, 15) is 25.4 Å². The average molecular weight is 1070 g/mol. The predicted octanol–water partition coefficient (Wildman–Crippen LogP) is 10.4. The van der Waals surface area contributed by atoms with Crippen molar-refractivity contribution in [2.75, 3.05) is 32.8 Å². The lowest BCUT2D eigenvalue weighted by Crippen LogP contribution is -2.43. The zero-order valence-electron chi connectivity index (χ0n) is 44.2. The second-order valence-electron chi connectivity index (χ2n) is 19.5. The van der Waals surface area contributed by atoms with E-state index in [0.29, 0.717) is 11.5 Å². The summed E-state index contributed by atoms with van der Waals surface area (Å²) in [7, 11) is 1.09. The van der Waals surface area contributed by atoms with Crippen LogP contribution in [0.25, 0.3) is 0 Å². The molecule has 0 bridgehead atoms. The van der Waals surface area contributed by atoms with Crippen LogP contribution in [0.2, 0.25) is 0 Å². The van der Waals surface area contributed by atoms with Crippen LogP contribution in [0.15, 0.2) is 95.9 Å². The third-order valence-corrected chi connectivity index (χ3v) is 16.4. The zero-order chi connectivity index (χ0) is 54.4. The fourth-order valence-corrected chi connectivity index (χ4v) is 13.5. The zero-order valence-corrected chi connectivity index (χ0v) is 46.8. The molecule has 21 heteroatoms. The van der Waals surface area contributed by atoms with Gasteiger partial charge in [0.15, 0.2) is 6.23 Å². The van der Waals surface area contributed by atoms with Crippen LogP contribution in [-0.2, 0) is 54.3 Å². The van der Waals surface area contributed by atoms with Gasteiger partial charge in [-0.3, -0.25) is 13.9 Å². The van der Waals surface area contributed by atoms with Crippen molar-refractivity contribution in [1.82, 2.24) is 14.2 Å². The normalized spacial score (nSPS) is 17.7. The standard InChI is InChI=1S/C53H69N7O11P2S/c1-36(2)48(61)57-45-27-33-59(50(62)58-45)49-47(69-73(74,70-51(7,8)28-31-55)71-52(9,10)29-32-56)46(68-72(66-34-16-30-54)60(37(3)4)38(5)6)44(67-49)35-65-53(39-17-14-13-15-18-39,40-19-23-42(63-11)24-20-40)41-21-25-43(64-12)26-22-41/h13-15,17-27,33,36-38,44,46-47,49H,16,28-29,34-35H2,1-12H3,(H,57,58,61,62)/t44-,46-,47-,49-,72?/m1/s1. The molecule has 0 spiro atoms. The van der Waals surface area contributed by atoms with Crippen LogP contribution in [0.4, 0.5) is 5.82 Å². The van der Waals surface area contributed by atoms with Gasteiger partial charge in [0.05, 0.1) is 76.1 Å². The van der Waals surface area contributed by atoms with E-state index in [-0.39, 0.29) is 56.3 Å². The van der Waals surface area contributed by atoms with E-state index >= 15 is 0 Å². The number of nitrogens with zero attached hydrogens (tertiary/aromatic N) is 6. The lowest BCUT2D eigenvalue weighted by atomic mass is 9.80. The number of carbonyl (C=O) groups excluding carboxylic acids is 1. The van der Waals surface area contributed by atoms with E-state index in [1.165, 1.54) is 16.8 Å². The first-order chi connectivity index (χ1) is 35.1. The summed E-state index contributed by atoms with van der Waals surface area (Å²) in [4.78, 5) is 31.5. The Morgan fingerprint density at radius 3 is 1.80 bits per heavy atom. The molecule has 1 fully saturated rings. The summed E-state index contributed by atoms with van der Waals surface area (Å²) in [6.45, 7) is 13.7. The van der Waals surface area contributed by atoms with Crippen LogP contribution in [-0.4, -0.2) is 89.2 Å². The molecule has 0 radical (unpaired) electrons. The Hall–Kier alpha value is -5.16. The van der Waals surface area contributed by atoms with E-state index in [4.69, 9.17) is 53.4 Å². The number of carbonyl (C=O) groups is 1. The van der Waals surface area contributed by atoms with Crippen LogP contribution < -0.4 is 20.5 Å². The fraction of sp³-hybridized carbons (Fsp3) is 0.509. The van der Waals surface area contributed by atoms with Crippen LogP contribution in [0, 0.1) is 39.9 Å². The fourth-order valence-electron chi connectivity index (χ4n) is 8.19. The van der Waals surface area contributed by atoms with E-state index in [0.717, 1.165) is 16.7 Å². The number of anilines is 1. The minimum atomic E-state index is -4.17. The van der Waals surface area contributed by atoms with Crippen molar-refractivity contribution >= 4 is 38.8 Å². The average Bonchev–Trinajstić information content (AvgIpc) is 3.66. The SMILES string of the molecule is COc1ccc(C(OC[C@H]2O[C@@H](n3ccc(NC(=O)C(C)C)nc3=O)[C@H](OP(=S)(OC(C)(C)CC#N)OC(C)(C)CC#N)[C@@H]2OP(OCCC#N)N(C(C)C)C(C)C)(c2ccccc2)c2ccc(OC)cc2)cc1. The van der Waals surface area contributed by atoms with Gasteiger partial charge in [0.2, 0.25) is 5.91 Å². The lowest BCUT2D eigenvalue weighted by molar-refractivity contribution is -0.118. The summed E-state index contributed by atoms with van der Waals surface area (Å²) in [6.07, 6.45) is -4.03. The first-order valence-corrected chi connectivity index (χ1v) is 28.0. The molecule has 5 atom stereocenters. The predicted molar refractivity (Wildman–Crippen MR) is 284 cm³/mol. The van der Waals surface area contributed by atoms with Gasteiger partial charge in [0, 0.05) is 24.2 Å². The first kappa shape index (κ1) is 59.7. The highest BCUT2D eigenvalue weighted by molar-refractivity contribution is 8.07. The number of aromatic nitrogens is 2. The van der Waals surface area contributed by atoms with Gasteiger partial charge in [-0.05, 0) is 114 Å². The maximum absolute atomic E-state index is 14.5. The summed E-state index contributed by atoms with van der Waals surface area (Å²) in [5.41, 5.74) is -2.50. The maximum atomic E-state index is 14.5. The highest BCUT2D eigenvalue weighted by atomic mass is 32.5. The molecular weight excluding hydrogens is 1000 g/mol. The molecule has 1 saturated heterocycles. The molecule has 5 rings (SSSR count). The van der Waals surface area contributed by atoms with Gasteiger partial charge in [-0.25, -0.2) is 9.46 Å². The second kappa shape index (κ2) is 26.6. The van der Waals surface area contributed by atoms with Gasteiger partial charge >= 0.3 is 12.4 Å². The Labute approximate surface area is 442 Å². The van der Waals surface area contributed by atoms with Crippen molar-refractivity contribution in [3.8, 4) is 29.7 Å². The molecule has 74 heavy (non-hydrogen) atoms. The minimum Gasteiger partial charge on any atom is -0.497 e. The molecule has 1 amide bonds. The molecule has 1 aromatic heterocycles. The smallest absolute Gasteiger partial charge is 0.351 e. The van der Waals surface area contributed by atoms with Crippen molar-refractivity contribution in [2.24, 2.45) is 5.92 Å². The molecule has 3 aromatic carbocycles. The molecule has 2 heterocycles. The second-order valence-corrected chi connectivity index (χ2v) is 23.8. The Balaban J connectivity index is 1.83. The third kappa shape index (κ3) is 15.2. The molecule has 1 aliphatic heterocycles. The largest absolute Gasteiger partial charge is 0.497 e. The van der Waals surface area contributed by atoms with Crippen LogP contribution in [0.5, 0.6) is 11.5 Å². The highest BCUT2D eigenvalue weighted by Crippen LogP contribution is 2.61. The molecular formula is C53H69N7O11P2S. The number of hydrogen-bond donors (Lipinski definition) is 1. The van der Waals surface area contributed by atoms with E-state index in [2.05, 4.69) is 28.5 Å². The Kier molecular flexibility index (Phi) is 21.4. The van der Waals surface area contributed by atoms with E-state index in [1.54, 1.807) is 55.8 Å². The molecule has 398 valence electrons. The summed E-state index contributed by atoms with van der Waals surface area (Å²) in [5.74, 6) is 0.487. The number of nitrogens with one attached hydrogen (secondary N) is 1. The number of amides is 1. The Bertz CT molecular complexity index is 2620. The van der Waals surface area contributed by atoms with Gasteiger partial charge in [-0.1, -0.05) is 68.4 Å². The van der Waals surface area contributed by atoms with Gasteiger partial charge in [-0.2, -0.15) is 20.8 Å². The number of benzene rings is 3. The summed E-state index contributed by atoms with van der Waals surface area (Å²) < 4.78 is 63.0. The summed E-state index contributed by atoms with van der Waals surface area (Å²) in [5, 5.41) is 32.2. The van der Waals surface area contributed by atoms with Crippen molar-refractivity contribution in [3.05, 3.63) is 118 Å². The molecule has 4 aromatic rings. The molecule has 18 nitrogen and oxygen atoms in total. The monoisotopic (exact) mass is 1070 g/mol. The molecule has 0 aliphatic carbocycles. The van der Waals surface area contributed by atoms with E-state index in [1.807, 2.05) is 111 Å². The highest BCUT2D eigenvalue weighted by Gasteiger charge is 2.55. The number of ether oxygens (including phenoxy) is 4. The summed E-state index contributed by atoms with van der Waals surface area (Å²) in [6, 6.07) is 32.3. The number of hydrogen-bond acceptors (Lipinski definition) is 17. The third-order valence-electron chi connectivity index (χ3n) is 11.7. The molecule has 1 unspecified atom stereocenters. The first-order valence-electron chi connectivity index (χ1n) is 24.3. The van der Waals surface area contributed by atoms with Gasteiger partial charge < -0.3 is 42.4 Å². The molecule has 0 saturated carbocycles.